The molecule has 0 saturated heterocycles. The van der Waals surface area contributed by atoms with Crippen LogP contribution >= 0.6 is 11.8 Å². The van der Waals surface area contributed by atoms with E-state index in [1.807, 2.05) is 85.2 Å². The van der Waals surface area contributed by atoms with Crippen molar-refractivity contribution in [3.05, 3.63) is 95.4 Å². The molecule has 0 aliphatic carbocycles. The number of thioether (sulfide) groups is 1. The third kappa shape index (κ3) is 3.94. The van der Waals surface area contributed by atoms with Gasteiger partial charge in [-0.3, -0.25) is 4.79 Å². The maximum atomic E-state index is 12.9. The van der Waals surface area contributed by atoms with Gasteiger partial charge in [-0.15, -0.1) is 11.8 Å². The topological polar surface area (TPSA) is 46.4 Å². The molecule has 2 heterocycles. The van der Waals surface area contributed by atoms with Crippen LogP contribution in [0.1, 0.15) is 27.2 Å². The van der Waals surface area contributed by atoms with Crippen LogP contribution in [0.2, 0.25) is 0 Å². The number of nitrogens with zero attached hydrogens (tertiary/aromatic N) is 2. The molecule has 0 bridgehead atoms. The molecule has 4 nitrogen and oxygen atoms in total. The first-order chi connectivity index (χ1) is 13.6. The molecule has 2 aromatic heterocycles. The molecule has 4 aromatic rings. The van der Waals surface area contributed by atoms with Gasteiger partial charge in [0.15, 0.2) is 0 Å². The standard InChI is InChI=1S/C23H21N3OS/c1-16-10-11-20(17(2)13-16)25-23(27)19-7-3-4-8-21(19)28-15-18-14-26-12-6-5-9-22(26)24-18/h3-14H,15H2,1-2H3,(H,25,27). The molecule has 28 heavy (non-hydrogen) atoms. The van der Waals surface area contributed by atoms with Gasteiger partial charge in [-0.25, -0.2) is 4.98 Å². The van der Waals surface area contributed by atoms with E-state index in [0.29, 0.717) is 11.3 Å². The van der Waals surface area contributed by atoms with E-state index in [9.17, 15) is 4.79 Å². The quantitative estimate of drug-likeness (QED) is 0.460. The molecule has 0 aliphatic rings. The summed E-state index contributed by atoms with van der Waals surface area (Å²) in [7, 11) is 0. The lowest BCUT2D eigenvalue weighted by Gasteiger charge is -2.12. The molecule has 0 spiro atoms. The molecule has 0 unspecified atom stereocenters. The van der Waals surface area contributed by atoms with Gasteiger partial charge in [-0.1, -0.05) is 35.9 Å². The van der Waals surface area contributed by atoms with Crippen LogP contribution in [0.4, 0.5) is 5.69 Å². The van der Waals surface area contributed by atoms with Crippen LogP contribution in [0.25, 0.3) is 5.65 Å². The van der Waals surface area contributed by atoms with Gasteiger partial charge < -0.3 is 9.72 Å². The Morgan fingerprint density at radius 1 is 1.07 bits per heavy atom. The fourth-order valence-electron chi connectivity index (χ4n) is 3.13. The molecule has 5 heteroatoms. The third-order valence-corrected chi connectivity index (χ3v) is 5.66. The molecule has 0 radical (unpaired) electrons. The SMILES string of the molecule is Cc1ccc(NC(=O)c2ccccc2SCc2cn3ccccc3n2)c(C)c1. The number of anilines is 1. The predicted octanol–water partition coefficient (Wildman–Crippen LogP) is 5.50. The van der Waals surface area contributed by atoms with Crippen molar-refractivity contribution < 1.29 is 4.79 Å². The molecular weight excluding hydrogens is 366 g/mol. The summed E-state index contributed by atoms with van der Waals surface area (Å²) in [6.45, 7) is 4.05. The molecular formula is C23H21N3OS. The zero-order valence-corrected chi connectivity index (χ0v) is 16.7. The van der Waals surface area contributed by atoms with Crippen molar-refractivity contribution in [3.8, 4) is 0 Å². The first kappa shape index (κ1) is 18.3. The molecule has 0 aliphatic heterocycles. The highest BCUT2D eigenvalue weighted by molar-refractivity contribution is 7.98. The Bertz CT molecular complexity index is 1120. The van der Waals surface area contributed by atoms with Crippen molar-refractivity contribution in [2.75, 3.05) is 5.32 Å². The second-order valence-electron chi connectivity index (χ2n) is 6.76. The summed E-state index contributed by atoms with van der Waals surface area (Å²) in [5.74, 6) is 0.611. The second kappa shape index (κ2) is 7.90. The molecule has 0 atom stereocenters. The Hall–Kier alpha value is -3.05. The molecule has 1 amide bonds. The number of hydrogen-bond acceptors (Lipinski definition) is 3. The first-order valence-corrected chi connectivity index (χ1v) is 10.1. The molecule has 140 valence electrons. The van der Waals surface area contributed by atoms with Crippen molar-refractivity contribution in [1.29, 1.82) is 0 Å². The Labute approximate surface area is 168 Å². The van der Waals surface area contributed by atoms with Crippen LogP contribution in [-0.2, 0) is 5.75 Å². The number of aromatic nitrogens is 2. The number of pyridine rings is 1. The van der Waals surface area contributed by atoms with Gasteiger partial charge in [-0.05, 0) is 49.7 Å². The molecule has 0 saturated carbocycles. The van der Waals surface area contributed by atoms with Crippen molar-refractivity contribution >= 4 is 29.0 Å². The summed E-state index contributed by atoms with van der Waals surface area (Å²) >= 11 is 1.62. The minimum Gasteiger partial charge on any atom is -0.322 e. The Morgan fingerprint density at radius 3 is 2.71 bits per heavy atom. The minimum absolute atomic E-state index is 0.0925. The summed E-state index contributed by atoms with van der Waals surface area (Å²) in [4.78, 5) is 18.5. The van der Waals surface area contributed by atoms with Crippen molar-refractivity contribution in [2.45, 2.75) is 24.5 Å². The van der Waals surface area contributed by atoms with Gasteiger partial charge in [0, 0.05) is 28.7 Å². The average Bonchev–Trinajstić information content (AvgIpc) is 3.12. The van der Waals surface area contributed by atoms with Gasteiger partial charge in [-0.2, -0.15) is 0 Å². The number of amides is 1. The minimum atomic E-state index is -0.0925. The maximum absolute atomic E-state index is 12.9. The van der Waals surface area contributed by atoms with Crippen LogP contribution in [0, 0.1) is 13.8 Å². The van der Waals surface area contributed by atoms with Gasteiger partial charge in [0.2, 0.25) is 0 Å². The third-order valence-electron chi connectivity index (χ3n) is 4.55. The number of imidazole rings is 1. The number of rotatable bonds is 5. The number of benzene rings is 2. The lowest BCUT2D eigenvalue weighted by atomic mass is 10.1. The Balaban J connectivity index is 1.52. The summed E-state index contributed by atoms with van der Waals surface area (Å²) in [6, 6.07) is 19.7. The smallest absolute Gasteiger partial charge is 0.256 e. The van der Waals surface area contributed by atoms with Crippen molar-refractivity contribution in [3.63, 3.8) is 0 Å². The molecule has 4 rings (SSSR count). The fraction of sp³-hybridized carbons (Fsp3) is 0.130. The van der Waals surface area contributed by atoms with E-state index >= 15 is 0 Å². The van der Waals surface area contributed by atoms with Crippen LogP contribution in [0.5, 0.6) is 0 Å². The monoisotopic (exact) mass is 387 g/mol. The number of carbonyl (C=O) groups excluding carboxylic acids is 1. The highest BCUT2D eigenvalue weighted by Crippen LogP contribution is 2.27. The second-order valence-corrected chi connectivity index (χ2v) is 7.77. The highest BCUT2D eigenvalue weighted by atomic mass is 32.2. The summed E-state index contributed by atoms with van der Waals surface area (Å²) in [6.07, 6.45) is 4.02. The van der Waals surface area contributed by atoms with E-state index < -0.39 is 0 Å². The van der Waals surface area contributed by atoms with Crippen molar-refractivity contribution in [1.82, 2.24) is 9.38 Å². The fourth-order valence-corrected chi connectivity index (χ4v) is 4.07. The van der Waals surface area contributed by atoms with Gasteiger partial charge in [0.05, 0.1) is 11.3 Å². The molecule has 2 aromatic carbocycles. The number of fused-ring (bicyclic) bond motifs is 1. The van der Waals surface area contributed by atoms with Crippen molar-refractivity contribution in [2.24, 2.45) is 0 Å². The maximum Gasteiger partial charge on any atom is 0.256 e. The normalized spacial score (nSPS) is 10.9. The lowest BCUT2D eigenvalue weighted by Crippen LogP contribution is -2.13. The number of carbonyl (C=O) groups is 1. The Morgan fingerprint density at radius 2 is 1.89 bits per heavy atom. The molecule has 0 fully saturated rings. The zero-order chi connectivity index (χ0) is 19.5. The number of aryl methyl sites for hydroxylation is 2. The first-order valence-electron chi connectivity index (χ1n) is 9.13. The summed E-state index contributed by atoms with van der Waals surface area (Å²) < 4.78 is 2.01. The van der Waals surface area contributed by atoms with E-state index in [1.54, 1.807) is 11.8 Å². The zero-order valence-electron chi connectivity index (χ0n) is 15.8. The van der Waals surface area contributed by atoms with Crippen LogP contribution < -0.4 is 5.32 Å². The van der Waals surface area contributed by atoms with Gasteiger partial charge in [0.25, 0.3) is 5.91 Å². The van der Waals surface area contributed by atoms with E-state index in [0.717, 1.165) is 27.5 Å². The van der Waals surface area contributed by atoms with Gasteiger partial charge >= 0.3 is 0 Å². The highest BCUT2D eigenvalue weighted by Gasteiger charge is 2.13. The lowest BCUT2D eigenvalue weighted by molar-refractivity contribution is 0.102. The van der Waals surface area contributed by atoms with E-state index in [-0.39, 0.29) is 5.91 Å². The van der Waals surface area contributed by atoms with E-state index in [4.69, 9.17) is 0 Å². The summed E-state index contributed by atoms with van der Waals surface area (Å²) in [5.41, 5.74) is 5.67. The summed E-state index contributed by atoms with van der Waals surface area (Å²) in [5, 5.41) is 3.04. The van der Waals surface area contributed by atoms with E-state index in [2.05, 4.69) is 16.4 Å². The molecule has 1 N–H and O–H groups in total. The number of nitrogens with one attached hydrogen (secondary N) is 1. The largest absolute Gasteiger partial charge is 0.322 e. The Kier molecular flexibility index (Phi) is 5.17. The predicted molar refractivity (Wildman–Crippen MR) is 115 cm³/mol. The van der Waals surface area contributed by atoms with Crippen LogP contribution in [0.15, 0.2) is 78.0 Å². The number of hydrogen-bond donors (Lipinski definition) is 1. The average molecular weight is 388 g/mol. The van der Waals surface area contributed by atoms with E-state index in [1.165, 1.54) is 5.56 Å². The van der Waals surface area contributed by atoms with Crippen LogP contribution in [0.3, 0.4) is 0 Å². The van der Waals surface area contributed by atoms with Crippen LogP contribution in [-0.4, -0.2) is 15.3 Å². The van der Waals surface area contributed by atoms with Gasteiger partial charge in [0.1, 0.15) is 5.65 Å².